The number of nitrogens with zero attached hydrogens (tertiary/aromatic N) is 2. The van der Waals surface area contributed by atoms with E-state index in [0.717, 1.165) is 18.0 Å². The Kier molecular flexibility index (Phi) is 4.84. The van der Waals surface area contributed by atoms with Crippen LogP contribution in [0.25, 0.3) is 0 Å². The molecule has 5 heteroatoms. The Bertz CT molecular complexity index is 470. The smallest absolute Gasteiger partial charge is 0.119 e. The average molecular weight is 254 g/mol. The molecule has 0 spiro atoms. The van der Waals surface area contributed by atoms with Crippen LogP contribution >= 0.6 is 12.4 Å². The van der Waals surface area contributed by atoms with E-state index in [9.17, 15) is 0 Å². The van der Waals surface area contributed by atoms with E-state index in [-0.39, 0.29) is 12.4 Å². The Hall–Kier alpha value is -1.68. The molecule has 0 fully saturated rings. The predicted octanol–water partition coefficient (Wildman–Crippen LogP) is 2.46. The second-order valence-electron chi connectivity index (χ2n) is 3.61. The van der Waals surface area contributed by atoms with Crippen LogP contribution in [-0.4, -0.2) is 16.9 Å². The monoisotopic (exact) mass is 253 g/mol. The van der Waals surface area contributed by atoms with Crippen molar-refractivity contribution in [2.75, 3.05) is 12.4 Å². The zero-order valence-electron chi connectivity index (χ0n) is 9.88. The van der Waals surface area contributed by atoms with Gasteiger partial charge < -0.3 is 10.1 Å². The van der Waals surface area contributed by atoms with Crippen LogP contribution in [-0.2, 0) is 13.6 Å². The molecule has 2 rings (SSSR count). The van der Waals surface area contributed by atoms with Crippen LogP contribution in [0.4, 0.5) is 5.69 Å². The molecule has 92 valence electrons. The van der Waals surface area contributed by atoms with Gasteiger partial charge in [0.1, 0.15) is 5.75 Å². The number of anilines is 1. The van der Waals surface area contributed by atoms with Crippen LogP contribution in [0.1, 0.15) is 5.56 Å². The largest absolute Gasteiger partial charge is 0.497 e. The minimum atomic E-state index is 0. The first kappa shape index (κ1) is 13.4. The van der Waals surface area contributed by atoms with E-state index in [2.05, 4.69) is 16.5 Å². The Labute approximate surface area is 107 Å². The maximum Gasteiger partial charge on any atom is 0.119 e. The van der Waals surface area contributed by atoms with Gasteiger partial charge in [0, 0.05) is 19.8 Å². The molecule has 0 radical (unpaired) electrons. The third-order valence-corrected chi connectivity index (χ3v) is 2.34. The van der Waals surface area contributed by atoms with Gasteiger partial charge in [0.25, 0.3) is 0 Å². The zero-order valence-corrected chi connectivity index (χ0v) is 10.7. The van der Waals surface area contributed by atoms with Gasteiger partial charge in [-0.25, -0.2) is 0 Å². The van der Waals surface area contributed by atoms with Crippen molar-refractivity contribution in [3.63, 3.8) is 0 Å². The van der Waals surface area contributed by atoms with Gasteiger partial charge in [-0.15, -0.1) is 12.4 Å². The highest BCUT2D eigenvalue weighted by atomic mass is 35.5. The van der Waals surface area contributed by atoms with Crippen molar-refractivity contribution in [2.45, 2.75) is 6.54 Å². The molecule has 0 bridgehead atoms. The topological polar surface area (TPSA) is 39.1 Å². The lowest BCUT2D eigenvalue weighted by Crippen LogP contribution is -1.98. The summed E-state index contributed by atoms with van der Waals surface area (Å²) in [5.74, 6) is 0.880. The molecule has 2 aromatic rings. The highest BCUT2D eigenvalue weighted by Gasteiger charge is 1.97. The fourth-order valence-corrected chi connectivity index (χ4v) is 1.50. The third kappa shape index (κ3) is 3.67. The van der Waals surface area contributed by atoms with Crippen LogP contribution in [0, 0.1) is 0 Å². The van der Waals surface area contributed by atoms with Crippen molar-refractivity contribution in [1.82, 2.24) is 9.78 Å². The molecule has 17 heavy (non-hydrogen) atoms. The number of rotatable bonds is 4. The summed E-state index contributed by atoms with van der Waals surface area (Å²) in [7, 11) is 3.57. The average Bonchev–Trinajstić information content (AvgIpc) is 2.73. The summed E-state index contributed by atoms with van der Waals surface area (Å²) in [6.45, 7) is 0.767. The number of hydrogen-bond donors (Lipinski definition) is 1. The third-order valence-electron chi connectivity index (χ3n) is 2.34. The summed E-state index contributed by atoms with van der Waals surface area (Å²) in [4.78, 5) is 0. The van der Waals surface area contributed by atoms with Crippen molar-refractivity contribution in [3.8, 4) is 5.75 Å². The van der Waals surface area contributed by atoms with E-state index >= 15 is 0 Å². The summed E-state index contributed by atoms with van der Waals surface area (Å²) in [6.07, 6.45) is 3.75. The van der Waals surface area contributed by atoms with Crippen molar-refractivity contribution in [3.05, 3.63) is 42.2 Å². The predicted molar refractivity (Wildman–Crippen MR) is 70.8 cm³/mol. The second kappa shape index (κ2) is 6.15. The fraction of sp³-hybridized carbons (Fsp3) is 0.250. The van der Waals surface area contributed by atoms with Crippen molar-refractivity contribution < 1.29 is 4.74 Å². The summed E-state index contributed by atoms with van der Waals surface area (Å²) in [5, 5.41) is 7.39. The van der Waals surface area contributed by atoms with Crippen LogP contribution in [0.5, 0.6) is 5.75 Å². The molecular weight excluding hydrogens is 238 g/mol. The lowest BCUT2D eigenvalue weighted by atomic mass is 10.2. The minimum Gasteiger partial charge on any atom is -0.497 e. The van der Waals surface area contributed by atoms with E-state index in [1.165, 1.54) is 5.56 Å². The summed E-state index contributed by atoms with van der Waals surface area (Å²) in [5.41, 5.74) is 2.20. The molecule has 1 N–H and O–H groups in total. The molecule has 0 aliphatic heterocycles. The van der Waals surface area contributed by atoms with Gasteiger partial charge in [0.15, 0.2) is 0 Å². The molecule has 1 aromatic heterocycles. The zero-order chi connectivity index (χ0) is 11.4. The second-order valence-corrected chi connectivity index (χ2v) is 3.61. The molecule has 0 amide bonds. The molecule has 0 saturated heterocycles. The molecule has 0 atom stereocenters. The van der Waals surface area contributed by atoms with Gasteiger partial charge in [-0.3, -0.25) is 4.68 Å². The van der Waals surface area contributed by atoms with Gasteiger partial charge in [-0.05, 0) is 17.7 Å². The number of aryl methyl sites for hydroxylation is 1. The van der Waals surface area contributed by atoms with Gasteiger partial charge in [0.2, 0.25) is 0 Å². The number of methoxy groups -OCH3 is 1. The number of benzene rings is 1. The Morgan fingerprint density at radius 3 is 2.88 bits per heavy atom. The van der Waals surface area contributed by atoms with Crippen LogP contribution < -0.4 is 10.1 Å². The number of ether oxygens (including phenoxy) is 1. The molecular formula is C12H16ClN3O. The maximum absolute atomic E-state index is 5.17. The van der Waals surface area contributed by atoms with Crippen LogP contribution in [0.2, 0.25) is 0 Å². The highest BCUT2D eigenvalue weighted by Crippen LogP contribution is 2.14. The molecule has 0 saturated carbocycles. The van der Waals surface area contributed by atoms with Crippen molar-refractivity contribution in [2.24, 2.45) is 7.05 Å². The minimum absolute atomic E-state index is 0. The van der Waals surface area contributed by atoms with E-state index < -0.39 is 0 Å². The van der Waals surface area contributed by atoms with Gasteiger partial charge in [-0.1, -0.05) is 12.1 Å². The lowest BCUT2D eigenvalue weighted by molar-refractivity contribution is 0.414. The Morgan fingerprint density at radius 2 is 2.24 bits per heavy atom. The molecule has 0 aliphatic rings. The van der Waals surface area contributed by atoms with E-state index in [1.807, 2.05) is 31.4 Å². The molecule has 4 nitrogen and oxygen atoms in total. The standard InChI is InChI=1S/C12H15N3O.ClH/c1-15-9-11(8-14-15)13-7-10-4-3-5-12(6-10)16-2;/h3-6,8-9,13H,7H2,1-2H3;1H. The number of aromatic nitrogens is 2. The first-order chi connectivity index (χ1) is 7.78. The van der Waals surface area contributed by atoms with E-state index in [0.29, 0.717) is 0 Å². The molecule has 0 aliphatic carbocycles. The quantitative estimate of drug-likeness (QED) is 0.910. The number of hydrogen-bond acceptors (Lipinski definition) is 3. The lowest BCUT2D eigenvalue weighted by Gasteiger charge is -2.05. The van der Waals surface area contributed by atoms with E-state index in [1.54, 1.807) is 18.0 Å². The van der Waals surface area contributed by atoms with E-state index in [4.69, 9.17) is 4.74 Å². The number of halogens is 1. The van der Waals surface area contributed by atoms with Crippen LogP contribution in [0.15, 0.2) is 36.7 Å². The van der Waals surface area contributed by atoms with Gasteiger partial charge in [-0.2, -0.15) is 5.10 Å². The highest BCUT2D eigenvalue weighted by molar-refractivity contribution is 5.85. The summed E-state index contributed by atoms with van der Waals surface area (Å²) >= 11 is 0. The maximum atomic E-state index is 5.17. The molecule has 0 unspecified atom stereocenters. The van der Waals surface area contributed by atoms with Crippen molar-refractivity contribution >= 4 is 18.1 Å². The molecule has 1 heterocycles. The molecule has 1 aromatic carbocycles. The summed E-state index contributed by atoms with van der Waals surface area (Å²) in [6, 6.07) is 8.00. The fourth-order valence-electron chi connectivity index (χ4n) is 1.50. The van der Waals surface area contributed by atoms with Gasteiger partial charge >= 0.3 is 0 Å². The summed E-state index contributed by atoms with van der Waals surface area (Å²) < 4.78 is 6.94. The van der Waals surface area contributed by atoms with Crippen LogP contribution in [0.3, 0.4) is 0 Å². The first-order valence-electron chi connectivity index (χ1n) is 5.13. The SMILES string of the molecule is COc1cccc(CNc2cnn(C)c2)c1.Cl. The first-order valence-corrected chi connectivity index (χ1v) is 5.13. The van der Waals surface area contributed by atoms with Gasteiger partial charge in [0.05, 0.1) is 19.0 Å². The Balaban J connectivity index is 0.00000144. The Morgan fingerprint density at radius 1 is 1.41 bits per heavy atom. The van der Waals surface area contributed by atoms with Crippen molar-refractivity contribution in [1.29, 1.82) is 0 Å². The normalized spacial score (nSPS) is 9.53. The number of nitrogens with one attached hydrogen (secondary N) is 1.